The SMILES string of the molecule is Cc1cc(-c2noc(N)c2-c2cccs2)ccc1Br. The average Bonchev–Trinajstić information content (AvgIpc) is 3.01. The first-order valence-corrected chi connectivity index (χ1v) is 7.39. The van der Waals surface area contributed by atoms with E-state index in [1.807, 2.05) is 36.6 Å². The monoisotopic (exact) mass is 334 g/mol. The van der Waals surface area contributed by atoms with Gasteiger partial charge < -0.3 is 10.3 Å². The summed E-state index contributed by atoms with van der Waals surface area (Å²) in [7, 11) is 0. The average molecular weight is 335 g/mol. The number of thiophene rings is 1. The van der Waals surface area contributed by atoms with E-state index in [0.29, 0.717) is 5.88 Å². The Kier molecular flexibility index (Phi) is 3.16. The summed E-state index contributed by atoms with van der Waals surface area (Å²) in [6.45, 7) is 2.04. The Bertz CT molecular complexity index is 719. The summed E-state index contributed by atoms with van der Waals surface area (Å²) in [6.07, 6.45) is 0. The van der Waals surface area contributed by atoms with Crippen molar-refractivity contribution in [1.82, 2.24) is 5.16 Å². The third kappa shape index (κ3) is 2.19. The highest BCUT2D eigenvalue weighted by Gasteiger charge is 2.18. The smallest absolute Gasteiger partial charge is 0.231 e. The molecule has 3 rings (SSSR count). The van der Waals surface area contributed by atoms with E-state index >= 15 is 0 Å². The van der Waals surface area contributed by atoms with Gasteiger partial charge in [-0.15, -0.1) is 11.3 Å². The van der Waals surface area contributed by atoms with Gasteiger partial charge in [-0.25, -0.2) is 0 Å². The molecular formula is C14H11BrN2OS. The van der Waals surface area contributed by atoms with Crippen LogP contribution in [0.1, 0.15) is 5.56 Å². The third-order valence-corrected chi connectivity index (χ3v) is 4.69. The van der Waals surface area contributed by atoms with Crippen LogP contribution in [0.5, 0.6) is 0 Å². The van der Waals surface area contributed by atoms with Crippen LogP contribution < -0.4 is 5.73 Å². The Labute approximate surface area is 123 Å². The van der Waals surface area contributed by atoms with E-state index in [2.05, 4.69) is 27.2 Å². The van der Waals surface area contributed by atoms with Gasteiger partial charge in [0.2, 0.25) is 5.88 Å². The molecular weight excluding hydrogens is 324 g/mol. The predicted octanol–water partition coefficient (Wildman–Crippen LogP) is 4.72. The molecule has 0 aliphatic rings. The summed E-state index contributed by atoms with van der Waals surface area (Å²) in [5.41, 5.74) is 9.72. The van der Waals surface area contributed by atoms with Crippen molar-refractivity contribution < 1.29 is 4.52 Å². The van der Waals surface area contributed by atoms with Gasteiger partial charge in [-0.05, 0) is 36.1 Å². The molecule has 0 bridgehead atoms. The summed E-state index contributed by atoms with van der Waals surface area (Å²) in [6, 6.07) is 10.1. The maximum atomic E-state index is 5.91. The quantitative estimate of drug-likeness (QED) is 0.737. The van der Waals surface area contributed by atoms with Gasteiger partial charge >= 0.3 is 0 Å². The van der Waals surface area contributed by atoms with Gasteiger partial charge in [0, 0.05) is 14.9 Å². The van der Waals surface area contributed by atoms with Crippen LogP contribution in [0.4, 0.5) is 5.88 Å². The van der Waals surface area contributed by atoms with Gasteiger partial charge in [0.15, 0.2) is 0 Å². The number of halogens is 1. The standard InChI is InChI=1S/C14H11BrN2OS/c1-8-7-9(4-5-10(8)15)13-12(14(16)18-17-13)11-3-2-6-19-11/h2-7H,16H2,1H3. The number of nitrogens with two attached hydrogens (primary N) is 1. The molecule has 3 aromatic rings. The van der Waals surface area contributed by atoms with Crippen molar-refractivity contribution in [1.29, 1.82) is 0 Å². The Hall–Kier alpha value is -1.59. The van der Waals surface area contributed by atoms with Crippen LogP contribution in [-0.2, 0) is 0 Å². The van der Waals surface area contributed by atoms with Crippen LogP contribution in [0.3, 0.4) is 0 Å². The summed E-state index contributed by atoms with van der Waals surface area (Å²) in [5.74, 6) is 0.359. The largest absolute Gasteiger partial charge is 0.367 e. The number of anilines is 1. The molecule has 0 radical (unpaired) electrons. The van der Waals surface area contributed by atoms with Gasteiger partial charge in [-0.1, -0.05) is 33.2 Å². The highest BCUT2D eigenvalue weighted by molar-refractivity contribution is 9.10. The second-order valence-electron chi connectivity index (χ2n) is 4.21. The molecule has 3 nitrogen and oxygen atoms in total. The number of aryl methyl sites for hydroxylation is 1. The van der Waals surface area contributed by atoms with Crippen LogP contribution >= 0.6 is 27.3 Å². The number of aromatic nitrogens is 1. The predicted molar refractivity (Wildman–Crippen MR) is 82.1 cm³/mol. The molecule has 0 spiro atoms. The van der Waals surface area contributed by atoms with E-state index < -0.39 is 0 Å². The normalized spacial score (nSPS) is 10.8. The van der Waals surface area contributed by atoms with E-state index in [-0.39, 0.29) is 0 Å². The molecule has 96 valence electrons. The topological polar surface area (TPSA) is 52.0 Å². The molecule has 0 saturated heterocycles. The molecule has 0 amide bonds. The first kappa shape index (κ1) is 12.4. The Balaban J connectivity index is 2.18. The van der Waals surface area contributed by atoms with Gasteiger partial charge in [-0.3, -0.25) is 0 Å². The highest BCUT2D eigenvalue weighted by atomic mass is 79.9. The molecule has 0 fully saturated rings. The van der Waals surface area contributed by atoms with Crippen molar-refractivity contribution in [2.75, 3.05) is 5.73 Å². The van der Waals surface area contributed by atoms with Crippen LogP contribution in [0.15, 0.2) is 44.7 Å². The van der Waals surface area contributed by atoms with Crippen molar-refractivity contribution in [3.8, 4) is 21.7 Å². The minimum Gasteiger partial charge on any atom is -0.367 e. The molecule has 5 heteroatoms. The lowest BCUT2D eigenvalue weighted by molar-refractivity contribution is 0.439. The first-order valence-electron chi connectivity index (χ1n) is 5.72. The van der Waals surface area contributed by atoms with Crippen molar-refractivity contribution in [2.24, 2.45) is 0 Å². The molecule has 0 aliphatic carbocycles. The fourth-order valence-electron chi connectivity index (χ4n) is 1.95. The van der Waals surface area contributed by atoms with E-state index in [9.17, 15) is 0 Å². The van der Waals surface area contributed by atoms with Crippen LogP contribution in [0, 0.1) is 6.92 Å². The minimum atomic E-state index is 0.359. The van der Waals surface area contributed by atoms with Gasteiger partial charge in [0.25, 0.3) is 0 Å². The number of hydrogen-bond acceptors (Lipinski definition) is 4. The third-order valence-electron chi connectivity index (χ3n) is 2.92. The van der Waals surface area contributed by atoms with Crippen molar-refractivity contribution in [3.05, 3.63) is 45.7 Å². The molecule has 2 heterocycles. The second-order valence-corrected chi connectivity index (χ2v) is 6.01. The van der Waals surface area contributed by atoms with E-state index in [1.165, 1.54) is 0 Å². The summed E-state index contributed by atoms with van der Waals surface area (Å²) in [5, 5.41) is 6.12. The Morgan fingerprint density at radius 2 is 2.16 bits per heavy atom. The number of nitrogens with zero attached hydrogens (tertiary/aromatic N) is 1. The summed E-state index contributed by atoms with van der Waals surface area (Å²) in [4.78, 5) is 1.06. The number of rotatable bonds is 2. The van der Waals surface area contributed by atoms with Gasteiger partial charge in [0.1, 0.15) is 5.69 Å². The molecule has 0 aliphatic heterocycles. The maximum Gasteiger partial charge on any atom is 0.231 e. The zero-order chi connectivity index (χ0) is 13.4. The molecule has 19 heavy (non-hydrogen) atoms. The molecule has 2 aromatic heterocycles. The molecule has 0 saturated carbocycles. The van der Waals surface area contributed by atoms with Crippen molar-refractivity contribution in [3.63, 3.8) is 0 Å². The Morgan fingerprint density at radius 3 is 2.84 bits per heavy atom. The number of hydrogen-bond donors (Lipinski definition) is 1. The molecule has 1 aromatic carbocycles. The minimum absolute atomic E-state index is 0.359. The summed E-state index contributed by atoms with van der Waals surface area (Å²) < 4.78 is 6.24. The summed E-state index contributed by atoms with van der Waals surface area (Å²) >= 11 is 5.12. The fourth-order valence-corrected chi connectivity index (χ4v) is 2.97. The highest BCUT2D eigenvalue weighted by Crippen LogP contribution is 2.39. The molecule has 2 N–H and O–H groups in total. The van der Waals surface area contributed by atoms with Gasteiger partial charge in [-0.2, -0.15) is 0 Å². The van der Waals surface area contributed by atoms with Crippen LogP contribution in [0.2, 0.25) is 0 Å². The molecule has 0 unspecified atom stereocenters. The maximum absolute atomic E-state index is 5.91. The van der Waals surface area contributed by atoms with E-state index in [1.54, 1.807) is 11.3 Å². The zero-order valence-corrected chi connectivity index (χ0v) is 12.6. The fraction of sp³-hybridized carbons (Fsp3) is 0.0714. The number of nitrogen functional groups attached to an aromatic ring is 1. The first-order chi connectivity index (χ1) is 9.16. The van der Waals surface area contributed by atoms with Crippen molar-refractivity contribution >= 4 is 33.2 Å². The Morgan fingerprint density at radius 1 is 1.32 bits per heavy atom. The lowest BCUT2D eigenvalue weighted by Gasteiger charge is -2.03. The van der Waals surface area contributed by atoms with Gasteiger partial charge in [0.05, 0.1) is 5.56 Å². The number of benzene rings is 1. The van der Waals surface area contributed by atoms with E-state index in [4.69, 9.17) is 10.3 Å². The lowest BCUT2D eigenvalue weighted by Crippen LogP contribution is -1.86. The molecule has 0 atom stereocenters. The van der Waals surface area contributed by atoms with Crippen LogP contribution in [0.25, 0.3) is 21.7 Å². The second kappa shape index (κ2) is 4.83. The van der Waals surface area contributed by atoms with Crippen LogP contribution in [-0.4, -0.2) is 5.16 Å². The lowest BCUT2D eigenvalue weighted by atomic mass is 10.0. The zero-order valence-electron chi connectivity index (χ0n) is 10.2. The van der Waals surface area contributed by atoms with E-state index in [0.717, 1.165) is 31.7 Å². The van der Waals surface area contributed by atoms with Crippen molar-refractivity contribution in [2.45, 2.75) is 6.92 Å².